The number of carbonyl (C=O) groups excluding carboxylic acids is 1. The van der Waals surface area contributed by atoms with E-state index in [4.69, 9.17) is 13.6 Å². The zero-order chi connectivity index (χ0) is 17.1. The quantitative estimate of drug-likeness (QED) is 0.690. The number of likely N-dealkylation sites (tertiary alicyclic amines) is 1. The number of nitrogens with zero attached hydrogens (tertiary/aromatic N) is 1. The second-order valence-corrected chi connectivity index (χ2v) is 6.17. The molecule has 2 aromatic heterocycles. The van der Waals surface area contributed by atoms with Crippen molar-refractivity contribution in [3.05, 3.63) is 84.2 Å². The van der Waals surface area contributed by atoms with Crippen LogP contribution < -0.4 is 0 Å². The second-order valence-electron chi connectivity index (χ2n) is 6.17. The molecule has 3 aromatic rings. The highest BCUT2D eigenvalue weighted by atomic mass is 16.6. The van der Waals surface area contributed by atoms with Crippen LogP contribution in [0.15, 0.2) is 76.0 Å². The third-order valence-electron chi connectivity index (χ3n) is 4.56. The van der Waals surface area contributed by atoms with Gasteiger partial charge in [0.05, 0.1) is 18.6 Å². The lowest BCUT2D eigenvalue weighted by atomic mass is 10.0. The molecule has 5 heteroatoms. The molecular formula is C20H19NO4. The largest absolute Gasteiger partial charge is 0.469 e. The monoisotopic (exact) mass is 337 g/mol. The highest BCUT2D eigenvalue weighted by Gasteiger charge is 2.40. The first kappa shape index (κ1) is 15.6. The summed E-state index contributed by atoms with van der Waals surface area (Å²) in [4.78, 5) is 14.4. The lowest BCUT2D eigenvalue weighted by molar-refractivity contribution is 0.0883. The predicted octanol–water partition coefficient (Wildman–Crippen LogP) is 4.74. The van der Waals surface area contributed by atoms with Crippen molar-refractivity contribution in [3.63, 3.8) is 0 Å². The van der Waals surface area contributed by atoms with E-state index in [1.165, 1.54) is 0 Å². The zero-order valence-corrected chi connectivity index (χ0v) is 13.7. The molecule has 1 aliphatic heterocycles. The number of hydrogen-bond donors (Lipinski definition) is 0. The van der Waals surface area contributed by atoms with E-state index in [1.807, 2.05) is 54.6 Å². The van der Waals surface area contributed by atoms with Gasteiger partial charge in [-0.05, 0) is 36.2 Å². The van der Waals surface area contributed by atoms with Gasteiger partial charge in [0.15, 0.2) is 0 Å². The molecule has 3 heterocycles. The maximum Gasteiger partial charge on any atom is 0.410 e. The fourth-order valence-corrected chi connectivity index (χ4v) is 3.32. The molecule has 0 aliphatic carbocycles. The first-order valence-electron chi connectivity index (χ1n) is 8.35. The van der Waals surface area contributed by atoms with Crippen molar-refractivity contribution in [1.29, 1.82) is 0 Å². The molecule has 1 saturated heterocycles. The molecule has 2 atom stereocenters. The predicted molar refractivity (Wildman–Crippen MR) is 90.8 cm³/mol. The molecule has 1 fully saturated rings. The van der Waals surface area contributed by atoms with E-state index < -0.39 is 0 Å². The van der Waals surface area contributed by atoms with Gasteiger partial charge in [0.1, 0.15) is 18.1 Å². The number of rotatable bonds is 4. The van der Waals surface area contributed by atoms with Crippen LogP contribution in [0.25, 0.3) is 0 Å². The molecule has 0 N–H and O–H groups in total. The van der Waals surface area contributed by atoms with Gasteiger partial charge in [-0.25, -0.2) is 4.79 Å². The van der Waals surface area contributed by atoms with Crippen molar-refractivity contribution in [3.8, 4) is 0 Å². The highest BCUT2D eigenvalue weighted by molar-refractivity contribution is 5.69. The Morgan fingerprint density at radius 3 is 2.40 bits per heavy atom. The lowest BCUT2D eigenvalue weighted by Gasteiger charge is -2.22. The third-order valence-corrected chi connectivity index (χ3v) is 4.56. The van der Waals surface area contributed by atoms with Gasteiger partial charge in [0, 0.05) is 12.5 Å². The minimum Gasteiger partial charge on any atom is -0.469 e. The first-order valence-corrected chi connectivity index (χ1v) is 8.35. The van der Waals surface area contributed by atoms with E-state index in [2.05, 4.69) is 0 Å². The standard InChI is InChI=1S/C20H19NO4/c22-20(25-14-15-6-2-1-3-7-15)21-13-16(18-8-4-10-23-18)12-17(21)19-9-5-11-24-19/h1-11,16-17H,12-14H2/t16-,17?/m0/s1. The van der Waals surface area contributed by atoms with Crippen LogP contribution in [0.2, 0.25) is 0 Å². The summed E-state index contributed by atoms with van der Waals surface area (Å²) in [5.74, 6) is 1.79. The van der Waals surface area contributed by atoms with Crippen molar-refractivity contribution in [2.45, 2.75) is 25.0 Å². The van der Waals surface area contributed by atoms with Crippen molar-refractivity contribution < 1.29 is 18.4 Å². The molecule has 0 radical (unpaired) electrons. The molecule has 5 nitrogen and oxygen atoms in total. The summed E-state index contributed by atoms with van der Waals surface area (Å²) in [7, 11) is 0. The van der Waals surface area contributed by atoms with Crippen LogP contribution >= 0.6 is 0 Å². The van der Waals surface area contributed by atoms with E-state index in [1.54, 1.807) is 17.4 Å². The summed E-state index contributed by atoms with van der Waals surface area (Å²) < 4.78 is 16.6. The Bertz CT molecular complexity index is 796. The second kappa shape index (κ2) is 6.89. The van der Waals surface area contributed by atoms with Crippen LogP contribution in [0.1, 0.15) is 35.5 Å². The molecule has 0 spiro atoms. The van der Waals surface area contributed by atoms with Crippen LogP contribution in [0, 0.1) is 0 Å². The van der Waals surface area contributed by atoms with Gasteiger partial charge in [-0.2, -0.15) is 0 Å². The van der Waals surface area contributed by atoms with Gasteiger partial charge in [-0.15, -0.1) is 0 Å². The van der Waals surface area contributed by atoms with Gasteiger partial charge in [0.2, 0.25) is 0 Å². The number of ether oxygens (including phenoxy) is 1. The van der Waals surface area contributed by atoms with Crippen molar-refractivity contribution in [1.82, 2.24) is 4.90 Å². The Labute approximate surface area is 145 Å². The first-order chi connectivity index (χ1) is 12.3. The minimum absolute atomic E-state index is 0.134. The van der Waals surface area contributed by atoms with E-state index >= 15 is 0 Å². The Balaban J connectivity index is 1.49. The SMILES string of the molecule is O=C(OCc1ccccc1)N1C[C@@H](c2ccco2)CC1c1ccco1. The van der Waals surface area contributed by atoms with Crippen LogP contribution in [-0.4, -0.2) is 17.5 Å². The van der Waals surface area contributed by atoms with Gasteiger partial charge >= 0.3 is 6.09 Å². The van der Waals surface area contributed by atoms with Crippen LogP contribution in [0.3, 0.4) is 0 Å². The van der Waals surface area contributed by atoms with Gasteiger partial charge in [-0.3, -0.25) is 4.90 Å². The summed E-state index contributed by atoms with van der Waals surface area (Å²) in [6, 6.07) is 17.1. The average Bonchev–Trinajstić information content (AvgIpc) is 3.40. The van der Waals surface area contributed by atoms with Gasteiger partial charge in [-0.1, -0.05) is 30.3 Å². The smallest absolute Gasteiger partial charge is 0.410 e. The van der Waals surface area contributed by atoms with Gasteiger partial charge < -0.3 is 13.6 Å². The molecular weight excluding hydrogens is 318 g/mol. The normalized spacial score (nSPS) is 19.9. The number of hydrogen-bond acceptors (Lipinski definition) is 4. The molecule has 128 valence electrons. The Hall–Kier alpha value is -2.95. The fourth-order valence-electron chi connectivity index (χ4n) is 3.32. The summed E-state index contributed by atoms with van der Waals surface area (Å²) in [5, 5.41) is 0. The summed E-state index contributed by atoms with van der Waals surface area (Å²) in [6.45, 7) is 0.805. The molecule has 0 bridgehead atoms. The van der Waals surface area contributed by atoms with Crippen molar-refractivity contribution in [2.24, 2.45) is 0 Å². The topological polar surface area (TPSA) is 55.8 Å². The Morgan fingerprint density at radius 1 is 1.00 bits per heavy atom. The molecule has 25 heavy (non-hydrogen) atoms. The molecule has 1 aliphatic rings. The van der Waals surface area contributed by atoms with Crippen molar-refractivity contribution >= 4 is 6.09 Å². The molecule has 4 rings (SSSR count). The van der Waals surface area contributed by atoms with Crippen LogP contribution in [0.5, 0.6) is 0 Å². The lowest BCUT2D eigenvalue weighted by Crippen LogP contribution is -2.31. The number of amides is 1. The number of benzene rings is 1. The van der Waals surface area contributed by atoms with E-state index in [9.17, 15) is 4.79 Å². The van der Waals surface area contributed by atoms with E-state index in [0.29, 0.717) is 6.54 Å². The molecule has 1 aromatic carbocycles. The average molecular weight is 337 g/mol. The third kappa shape index (κ3) is 3.31. The fraction of sp³-hybridized carbons (Fsp3) is 0.250. The molecule has 1 unspecified atom stereocenters. The zero-order valence-electron chi connectivity index (χ0n) is 13.7. The maximum atomic E-state index is 12.7. The number of furan rings is 2. The Kier molecular flexibility index (Phi) is 4.29. The van der Waals surface area contributed by atoms with Crippen LogP contribution in [0.4, 0.5) is 4.79 Å². The van der Waals surface area contributed by atoms with Gasteiger partial charge in [0.25, 0.3) is 0 Å². The summed E-state index contributed by atoms with van der Waals surface area (Å²) in [6.07, 6.45) is 3.71. The number of carbonyl (C=O) groups is 1. The van der Waals surface area contributed by atoms with Crippen molar-refractivity contribution in [2.75, 3.05) is 6.54 Å². The molecule has 1 amide bonds. The summed E-state index contributed by atoms with van der Waals surface area (Å²) >= 11 is 0. The highest BCUT2D eigenvalue weighted by Crippen LogP contribution is 2.41. The molecule has 0 saturated carbocycles. The van der Waals surface area contributed by atoms with E-state index in [0.717, 1.165) is 23.5 Å². The maximum absolute atomic E-state index is 12.7. The van der Waals surface area contributed by atoms with Crippen LogP contribution in [-0.2, 0) is 11.3 Å². The minimum atomic E-state index is -0.334. The van der Waals surface area contributed by atoms with E-state index in [-0.39, 0.29) is 24.7 Å². The summed E-state index contributed by atoms with van der Waals surface area (Å²) in [5.41, 5.74) is 0.965. The Morgan fingerprint density at radius 2 is 1.72 bits per heavy atom.